The molecule has 0 aromatic carbocycles. The Balaban J connectivity index is -0.0000000808. The highest BCUT2D eigenvalue weighted by atomic mass is 16.4. The van der Waals surface area contributed by atoms with Gasteiger partial charge < -0.3 is 112 Å². The fourth-order valence-corrected chi connectivity index (χ4v) is 1.99. The van der Waals surface area contributed by atoms with Crippen molar-refractivity contribution in [2.45, 2.75) is 114 Å². The van der Waals surface area contributed by atoms with Gasteiger partial charge in [0.2, 0.25) is 0 Å². The summed E-state index contributed by atoms with van der Waals surface area (Å²) in [6.45, 7) is -2.88. The molecule has 0 saturated heterocycles. The highest BCUT2D eigenvalue weighted by molar-refractivity contribution is 5.66. The lowest BCUT2D eigenvalue weighted by molar-refractivity contribution is -0.137. The van der Waals surface area contributed by atoms with Crippen LogP contribution in [0.3, 0.4) is 0 Å². The molecule has 0 saturated carbocycles. The van der Waals surface area contributed by atoms with Crippen LogP contribution in [0.1, 0.15) is 71.1 Å². The molecule has 0 aliphatic heterocycles. The van der Waals surface area contributed by atoms with Crippen LogP contribution in [0.4, 0.5) is 0 Å². The van der Waals surface area contributed by atoms with E-state index in [1.54, 1.807) is 0 Å². The van der Waals surface area contributed by atoms with Gasteiger partial charge in [0.15, 0.2) is 0 Å². The Bertz CT molecular complexity index is 503. The minimum atomic E-state index is -0.954. The predicted molar refractivity (Wildman–Crippen MR) is 201 cm³/mol. The standard InChI is InChI=1S/C12H24O2.7C3H8O3/c1-2-3-4-5-6-7-8-9-10-11-12(13)14;7*4-1-3(6)2-5/h2-11H2,1H3,(H,13,14);7*3-6H,1-2H2. The molecule has 0 fully saturated rings. The first-order chi connectivity index (χ1) is 26.4. The van der Waals surface area contributed by atoms with Gasteiger partial charge in [0, 0.05) is 6.42 Å². The van der Waals surface area contributed by atoms with Crippen molar-refractivity contribution >= 4 is 5.97 Å². The van der Waals surface area contributed by atoms with E-state index in [1.165, 1.54) is 44.9 Å². The van der Waals surface area contributed by atoms with Gasteiger partial charge in [-0.1, -0.05) is 58.3 Å². The molecule has 350 valence electrons. The Kier molecular flexibility index (Phi) is 88.2. The molecule has 0 aromatic heterocycles. The summed E-state index contributed by atoms with van der Waals surface area (Å²) in [5.74, 6) is -0.659. The van der Waals surface area contributed by atoms with Gasteiger partial charge in [-0.25, -0.2) is 0 Å². The highest BCUT2D eigenvalue weighted by Gasteiger charge is 1.98. The molecule has 0 aromatic rings. The van der Waals surface area contributed by atoms with Crippen molar-refractivity contribution in [2.24, 2.45) is 0 Å². The first-order valence-electron chi connectivity index (χ1n) is 17.9. The van der Waals surface area contributed by atoms with E-state index in [-0.39, 0.29) is 92.5 Å². The van der Waals surface area contributed by atoms with Crippen molar-refractivity contribution in [3.63, 3.8) is 0 Å². The van der Waals surface area contributed by atoms with Crippen molar-refractivity contribution in [3.05, 3.63) is 0 Å². The number of carboxylic acids is 1. The van der Waals surface area contributed by atoms with Crippen molar-refractivity contribution in [2.75, 3.05) is 92.5 Å². The molecule has 0 aliphatic rings. The van der Waals surface area contributed by atoms with Gasteiger partial charge in [-0.05, 0) is 6.42 Å². The van der Waals surface area contributed by atoms with Gasteiger partial charge in [-0.2, -0.15) is 0 Å². The van der Waals surface area contributed by atoms with Crippen molar-refractivity contribution in [1.29, 1.82) is 0 Å². The molecule has 0 aliphatic carbocycles. The van der Waals surface area contributed by atoms with Crippen LogP contribution < -0.4 is 0 Å². The van der Waals surface area contributed by atoms with Crippen LogP contribution in [-0.4, -0.2) is 254 Å². The fourth-order valence-electron chi connectivity index (χ4n) is 1.99. The van der Waals surface area contributed by atoms with Crippen molar-refractivity contribution in [1.82, 2.24) is 0 Å². The lowest BCUT2D eigenvalue weighted by Crippen LogP contribution is -2.15. The number of unbranched alkanes of at least 4 members (excludes halogenated alkanes) is 8. The van der Waals surface area contributed by atoms with Crippen molar-refractivity contribution < 1.29 is 117 Å². The van der Waals surface area contributed by atoms with E-state index in [4.69, 9.17) is 112 Å². The predicted octanol–water partition coefficient (Wildman–Crippen LogP) is -7.68. The van der Waals surface area contributed by atoms with Crippen LogP contribution in [0.15, 0.2) is 0 Å². The lowest BCUT2D eigenvalue weighted by atomic mass is 10.1. The first kappa shape index (κ1) is 72.3. The summed E-state index contributed by atoms with van der Waals surface area (Å²) in [5.41, 5.74) is 0. The molecule has 23 nitrogen and oxygen atoms in total. The second kappa shape index (κ2) is 68.3. The molecule has 23 heteroatoms. The van der Waals surface area contributed by atoms with Crippen molar-refractivity contribution in [3.8, 4) is 0 Å². The van der Waals surface area contributed by atoms with Crippen LogP contribution in [0, 0.1) is 0 Å². The third-order valence-corrected chi connectivity index (χ3v) is 5.44. The number of rotatable bonds is 24. The van der Waals surface area contributed by atoms with E-state index < -0.39 is 48.7 Å². The van der Waals surface area contributed by atoms with E-state index in [2.05, 4.69) is 6.92 Å². The zero-order chi connectivity index (χ0) is 45.6. The molecule has 22 N–H and O–H groups in total. The number of hydrogen-bond donors (Lipinski definition) is 22. The number of aliphatic hydroxyl groups excluding tert-OH is 21. The Morgan fingerprint density at radius 3 is 0.554 bits per heavy atom. The van der Waals surface area contributed by atoms with Gasteiger partial charge in [0.25, 0.3) is 0 Å². The second-order valence-electron chi connectivity index (χ2n) is 11.1. The maximum atomic E-state index is 10.2. The Morgan fingerprint density at radius 1 is 0.304 bits per heavy atom. The van der Waals surface area contributed by atoms with Crippen LogP contribution in [-0.2, 0) is 4.79 Å². The first-order valence-corrected chi connectivity index (χ1v) is 17.9. The average Bonchev–Trinajstić information content (AvgIpc) is 3.24. The SMILES string of the molecule is CCCCCCCCCCCC(=O)O.OCC(O)CO.OCC(O)CO.OCC(O)CO.OCC(O)CO.OCC(O)CO.OCC(O)CO.OCC(O)CO. The van der Waals surface area contributed by atoms with Crippen LogP contribution >= 0.6 is 0 Å². The number of aliphatic hydroxyl groups is 21. The maximum absolute atomic E-state index is 10.2. The number of carbonyl (C=O) groups is 1. The van der Waals surface area contributed by atoms with E-state index in [9.17, 15) is 4.79 Å². The molecule has 0 atom stereocenters. The number of carboxylic acid groups (broad SMARTS) is 1. The van der Waals surface area contributed by atoms with Gasteiger partial charge in [-0.15, -0.1) is 0 Å². The summed E-state index contributed by atoms with van der Waals surface area (Å²) in [6.07, 6.45) is 4.80. The second-order valence-corrected chi connectivity index (χ2v) is 11.1. The summed E-state index contributed by atoms with van der Waals surface area (Å²) < 4.78 is 0. The molecule has 0 rings (SSSR count). The van der Waals surface area contributed by atoms with Gasteiger partial charge in [-0.3, -0.25) is 4.79 Å². The van der Waals surface area contributed by atoms with Gasteiger partial charge >= 0.3 is 5.97 Å². The molecule has 0 radical (unpaired) electrons. The van der Waals surface area contributed by atoms with E-state index >= 15 is 0 Å². The molecule has 56 heavy (non-hydrogen) atoms. The number of hydrogen-bond acceptors (Lipinski definition) is 22. The molecule has 0 amide bonds. The van der Waals surface area contributed by atoms with Crippen LogP contribution in [0.5, 0.6) is 0 Å². The Labute approximate surface area is 329 Å². The lowest BCUT2D eigenvalue weighted by Gasteiger charge is -2.00. The normalized spacial score (nSPS) is 10.1. The highest BCUT2D eigenvalue weighted by Crippen LogP contribution is 2.10. The Morgan fingerprint density at radius 2 is 0.446 bits per heavy atom. The fraction of sp³-hybridized carbons (Fsp3) is 0.970. The topological polar surface area (TPSA) is 462 Å². The minimum Gasteiger partial charge on any atom is -0.481 e. The largest absolute Gasteiger partial charge is 0.481 e. The van der Waals surface area contributed by atoms with E-state index in [0.29, 0.717) is 6.42 Å². The summed E-state index contributed by atoms with van der Waals surface area (Å²) in [7, 11) is 0. The van der Waals surface area contributed by atoms with Gasteiger partial charge in [0.1, 0.15) is 42.7 Å². The zero-order valence-corrected chi connectivity index (χ0v) is 32.8. The summed E-state index contributed by atoms with van der Waals surface area (Å²) >= 11 is 0. The molecule has 0 unspecified atom stereocenters. The third kappa shape index (κ3) is 99.1. The van der Waals surface area contributed by atoms with E-state index in [1.807, 2.05) is 0 Å². The smallest absolute Gasteiger partial charge is 0.303 e. The zero-order valence-electron chi connectivity index (χ0n) is 32.8. The average molecular weight is 845 g/mol. The van der Waals surface area contributed by atoms with E-state index in [0.717, 1.165) is 12.8 Å². The third-order valence-electron chi connectivity index (χ3n) is 5.44. The number of aliphatic carboxylic acids is 1. The summed E-state index contributed by atoms with van der Waals surface area (Å²) in [5, 5.41) is 177. The van der Waals surface area contributed by atoms with Gasteiger partial charge in [0.05, 0.1) is 92.5 Å². The molecule has 0 bridgehead atoms. The Hall–Kier alpha value is -1.37. The molecule has 0 spiro atoms. The van der Waals surface area contributed by atoms with Crippen LogP contribution in [0.25, 0.3) is 0 Å². The van der Waals surface area contributed by atoms with Crippen LogP contribution in [0.2, 0.25) is 0 Å². The summed E-state index contributed by atoms with van der Waals surface area (Å²) in [4.78, 5) is 10.2. The molecular weight excluding hydrogens is 764 g/mol. The maximum Gasteiger partial charge on any atom is 0.303 e. The monoisotopic (exact) mass is 845 g/mol. The molecule has 0 heterocycles. The molecular formula is C33H80O23. The quantitative estimate of drug-likeness (QED) is 0.0401. The minimum absolute atomic E-state index is 0.343. The summed E-state index contributed by atoms with van der Waals surface area (Å²) in [6, 6.07) is 0.